The second-order valence-corrected chi connectivity index (χ2v) is 12.4. The first-order valence-electron chi connectivity index (χ1n) is 12.9. The van der Waals surface area contributed by atoms with E-state index < -0.39 is 6.04 Å². The van der Waals surface area contributed by atoms with E-state index in [0.29, 0.717) is 15.8 Å². The number of amides is 2. The van der Waals surface area contributed by atoms with Gasteiger partial charge in [-0.2, -0.15) is 0 Å². The van der Waals surface area contributed by atoms with Crippen LogP contribution in [0.5, 0.6) is 0 Å². The molecule has 4 aliphatic rings. The van der Waals surface area contributed by atoms with Gasteiger partial charge in [0, 0.05) is 16.6 Å². The van der Waals surface area contributed by atoms with Crippen LogP contribution in [0.2, 0.25) is 5.02 Å². The van der Waals surface area contributed by atoms with Crippen LogP contribution in [0.1, 0.15) is 91.0 Å². The zero-order valence-corrected chi connectivity index (χ0v) is 22.1. The summed E-state index contributed by atoms with van der Waals surface area (Å²) in [4.78, 5) is 32.4. The van der Waals surface area contributed by atoms with Crippen LogP contribution < -0.4 is 16.0 Å². The number of rotatable bonds is 9. The predicted octanol–water partition coefficient (Wildman–Crippen LogP) is 6.02. The third-order valence-corrected chi connectivity index (χ3v) is 9.52. The van der Waals surface area contributed by atoms with Crippen LogP contribution in [0, 0.1) is 18.8 Å². The SMILES string of the molecule is Cc1ncc(Cl)cc1N[C@@H](C)c1ccc(C(=O)N[C@@H](CC2CCCCC2)C(=O)NC23CC(C2)C3)s1. The summed E-state index contributed by atoms with van der Waals surface area (Å²) in [5, 5.41) is 10.4. The smallest absolute Gasteiger partial charge is 0.262 e. The summed E-state index contributed by atoms with van der Waals surface area (Å²) in [5.74, 6) is 1.14. The molecule has 0 aromatic carbocycles. The fourth-order valence-corrected chi connectivity index (χ4v) is 6.93. The number of pyridine rings is 1. The molecule has 0 saturated heterocycles. The zero-order chi connectivity index (χ0) is 24.6. The summed E-state index contributed by atoms with van der Waals surface area (Å²) in [5.41, 5.74) is 1.76. The largest absolute Gasteiger partial charge is 0.376 e. The highest BCUT2D eigenvalue weighted by molar-refractivity contribution is 7.14. The molecule has 2 atom stereocenters. The third-order valence-electron chi connectivity index (χ3n) is 8.05. The minimum absolute atomic E-state index is 0.00202. The molecule has 0 spiro atoms. The topological polar surface area (TPSA) is 83.1 Å². The number of nitrogens with zero attached hydrogens (tertiary/aromatic N) is 1. The van der Waals surface area contributed by atoms with Gasteiger partial charge in [-0.05, 0) is 69.6 Å². The average Bonchev–Trinajstić information content (AvgIpc) is 3.29. The molecule has 2 amide bonds. The molecule has 6 rings (SSSR count). The molecule has 4 fully saturated rings. The number of carbonyl (C=O) groups is 2. The Kier molecular flexibility index (Phi) is 7.09. The fourth-order valence-electron chi connectivity index (χ4n) is 5.86. The van der Waals surface area contributed by atoms with E-state index in [1.54, 1.807) is 6.20 Å². The monoisotopic (exact) mass is 514 g/mol. The number of nitrogens with one attached hydrogen (secondary N) is 3. The van der Waals surface area contributed by atoms with Gasteiger partial charge in [0.25, 0.3) is 5.91 Å². The average molecular weight is 515 g/mol. The number of aromatic nitrogens is 1. The number of aryl methyl sites for hydroxylation is 1. The lowest BCUT2D eigenvalue weighted by atomic mass is 9.50. The Morgan fingerprint density at radius 1 is 1.20 bits per heavy atom. The van der Waals surface area contributed by atoms with Gasteiger partial charge in [-0.3, -0.25) is 14.6 Å². The highest BCUT2D eigenvalue weighted by Gasteiger charge is 2.57. The molecule has 0 unspecified atom stereocenters. The van der Waals surface area contributed by atoms with Gasteiger partial charge >= 0.3 is 0 Å². The van der Waals surface area contributed by atoms with Gasteiger partial charge in [0.1, 0.15) is 6.04 Å². The Hall–Kier alpha value is -2.12. The molecule has 4 aliphatic carbocycles. The summed E-state index contributed by atoms with van der Waals surface area (Å²) in [6, 6.07) is 5.21. The van der Waals surface area contributed by atoms with Gasteiger partial charge in [-0.1, -0.05) is 43.7 Å². The number of anilines is 1. The van der Waals surface area contributed by atoms with Gasteiger partial charge in [0.2, 0.25) is 5.91 Å². The maximum atomic E-state index is 13.2. The van der Waals surface area contributed by atoms with E-state index in [-0.39, 0.29) is 23.4 Å². The van der Waals surface area contributed by atoms with Crippen molar-refractivity contribution < 1.29 is 9.59 Å². The molecule has 2 aromatic heterocycles. The van der Waals surface area contributed by atoms with Crippen molar-refractivity contribution in [2.75, 3.05) is 5.32 Å². The van der Waals surface area contributed by atoms with Crippen LogP contribution >= 0.6 is 22.9 Å². The third kappa shape index (κ3) is 5.51. The molecule has 2 heterocycles. The second-order valence-electron chi connectivity index (χ2n) is 10.9. The van der Waals surface area contributed by atoms with Crippen molar-refractivity contribution in [1.82, 2.24) is 15.6 Å². The molecule has 2 aromatic rings. The van der Waals surface area contributed by atoms with Crippen molar-refractivity contribution in [3.63, 3.8) is 0 Å². The van der Waals surface area contributed by atoms with Crippen molar-refractivity contribution >= 4 is 40.4 Å². The number of halogens is 1. The molecule has 35 heavy (non-hydrogen) atoms. The zero-order valence-electron chi connectivity index (χ0n) is 20.5. The minimum atomic E-state index is -0.471. The first-order valence-corrected chi connectivity index (χ1v) is 14.1. The Morgan fingerprint density at radius 2 is 1.94 bits per heavy atom. The maximum Gasteiger partial charge on any atom is 0.262 e. The van der Waals surface area contributed by atoms with Crippen molar-refractivity contribution in [2.24, 2.45) is 11.8 Å². The first kappa shape index (κ1) is 24.6. The van der Waals surface area contributed by atoms with Gasteiger partial charge in [0.05, 0.1) is 27.3 Å². The van der Waals surface area contributed by atoms with E-state index in [1.165, 1.54) is 30.6 Å². The second kappa shape index (κ2) is 10.1. The van der Waals surface area contributed by atoms with Crippen LogP contribution in [-0.4, -0.2) is 28.4 Å². The van der Waals surface area contributed by atoms with Crippen LogP contribution in [0.4, 0.5) is 5.69 Å². The summed E-state index contributed by atoms with van der Waals surface area (Å²) in [6.07, 6.45) is 11.7. The van der Waals surface area contributed by atoms with Gasteiger partial charge < -0.3 is 16.0 Å². The highest BCUT2D eigenvalue weighted by Crippen LogP contribution is 2.57. The Balaban J connectivity index is 1.24. The highest BCUT2D eigenvalue weighted by atomic mass is 35.5. The van der Waals surface area contributed by atoms with E-state index in [9.17, 15) is 9.59 Å². The Morgan fingerprint density at radius 3 is 2.63 bits per heavy atom. The van der Waals surface area contributed by atoms with Crippen LogP contribution in [0.25, 0.3) is 0 Å². The van der Waals surface area contributed by atoms with Crippen LogP contribution in [0.3, 0.4) is 0 Å². The lowest BCUT2D eigenvalue weighted by molar-refractivity contribution is -0.135. The van der Waals surface area contributed by atoms with Crippen molar-refractivity contribution in [2.45, 2.75) is 89.3 Å². The summed E-state index contributed by atoms with van der Waals surface area (Å²) in [6.45, 7) is 3.99. The molecule has 2 bridgehead atoms. The van der Waals surface area contributed by atoms with E-state index in [0.717, 1.165) is 60.7 Å². The van der Waals surface area contributed by atoms with Gasteiger partial charge in [0.15, 0.2) is 0 Å². The maximum absolute atomic E-state index is 13.2. The van der Waals surface area contributed by atoms with E-state index in [1.807, 2.05) is 25.1 Å². The number of carbonyl (C=O) groups excluding carboxylic acids is 2. The lowest BCUT2D eigenvalue weighted by Crippen LogP contribution is -2.70. The van der Waals surface area contributed by atoms with Gasteiger partial charge in [-0.25, -0.2) is 0 Å². The van der Waals surface area contributed by atoms with Gasteiger partial charge in [-0.15, -0.1) is 11.3 Å². The molecular formula is C27H35ClN4O2S. The standard InChI is InChI=1S/C27H35ClN4O2S/c1-16-21(11-20(28)15-29-16)30-17(2)23-8-9-24(35-23)26(34)31-22(10-18-6-4-3-5-7-18)25(33)32-27-12-19(13-27)14-27/h8-9,11,15,17-19,22,30H,3-7,10,12-14H2,1-2H3,(H,31,34)(H,32,33)/t17-,19?,22-,27?/m0/s1. The quantitative estimate of drug-likeness (QED) is 0.382. The van der Waals surface area contributed by atoms with E-state index >= 15 is 0 Å². The number of thiophene rings is 1. The fraction of sp³-hybridized carbons (Fsp3) is 0.593. The molecule has 6 nitrogen and oxygen atoms in total. The summed E-state index contributed by atoms with van der Waals surface area (Å²) < 4.78 is 0. The van der Waals surface area contributed by atoms with Crippen molar-refractivity contribution in [3.05, 3.63) is 44.9 Å². The van der Waals surface area contributed by atoms with Crippen molar-refractivity contribution in [3.8, 4) is 0 Å². The first-order chi connectivity index (χ1) is 16.8. The number of hydrogen-bond acceptors (Lipinski definition) is 5. The lowest BCUT2D eigenvalue weighted by Gasteiger charge is -2.62. The van der Waals surface area contributed by atoms with Crippen LogP contribution in [-0.2, 0) is 4.79 Å². The molecule has 0 aliphatic heterocycles. The summed E-state index contributed by atoms with van der Waals surface area (Å²) in [7, 11) is 0. The minimum Gasteiger partial charge on any atom is -0.376 e. The molecule has 0 radical (unpaired) electrons. The van der Waals surface area contributed by atoms with E-state index in [2.05, 4.69) is 27.9 Å². The normalized spacial score (nSPS) is 25.1. The van der Waals surface area contributed by atoms with E-state index in [4.69, 9.17) is 11.6 Å². The molecular weight excluding hydrogens is 480 g/mol. The molecule has 4 saturated carbocycles. The predicted molar refractivity (Wildman–Crippen MR) is 141 cm³/mol. The molecule has 188 valence electrons. The summed E-state index contributed by atoms with van der Waals surface area (Å²) >= 11 is 7.56. The van der Waals surface area contributed by atoms with Crippen molar-refractivity contribution in [1.29, 1.82) is 0 Å². The Bertz CT molecular complexity index is 1080. The molecule has 8 heteroatoms. The number of hydrogen-bond donors (Lipinski definition) is 3. The Labute approximate surface area is 216 Å². The van der Waals surface area contributed by atoms with Crippen LogP contribution in [0.15, 0.2) is 24.4 Å². The molecule has 3 N–H and O–H groups in total.